The van der Waals surface area contributed by atoms with Crippen molar-refractivity contribution in [3.8, 4) is 0 Å². The Balaban J connectivity index is 3.54. The van der Waals surface area contributed by atoms with Crippen LogP contribution in [-0.2, 0) is 17.1 Å². The minimum atomic E-state index is -5.27. The van der Waals surface area contributed by atoms with Crippen molar-refractivity contribution in [3.63, 3.8) is 0 Å². The quantitative estimate of drug-likeness (QED) is 0.500. The maximum Gasteiger partial charge on any atom is 0.418 e. The zero-order chi connectivity index (χ0) is 15.7. The standard InChI is InChI=1S/C11H7F6NO2/c12-10(13,14)6-3-5(1-2-8(19)20)4-7(18)9(6)11(15,16)17/h1-4H,18H2,(H,19,20)/b2-1+. The van der Waals surface area contributed by atoms with Crippen LogP contribution in [0.4, 0.5) is 32.0 Å². The summed E-state index contributed by atoms with van der Waals surface area (Å²) in [6.45, 7) is 0. The number of alkyl halides is 6. The van der Waals surface area contributed by atoms with Crippen LogP contribution in [0.2, 0.25) is 0 Å². The van der Waals surface area contributed by atoms with E-state index in [1.165, 1.54) is 0 Å². The van der Waals surface area contributed by atoms with Gasteiger partial charge in [-0.2, -0.15) is 26.3 Å². The number of carbonyl (C=O) groups is 1. The molecule has 0 aliphatic rings. The second-order valence-corrected chi connectivity index (χ2v) is 3.70. The first-order chi connectivity index (χ1) is 8.93. The molecule has 3 nitrogen and oxygen atoms in total. The Morgan fingerprint density at radius 1 is 1.10 bits per heavy atom. The van der Waals surface area contributed by atoms with Crippen LogP contribution in [0.5, 0.6) is 0 Å². The predicted octanol–water partition coefficient (Wildman–Crippen LogP) is 3.40. The van der Waals surface area contributed by atoms with Gasteiger partial charge in [0.05, 0.1) is 11.1 Å². The van der Waals surface area contributed by atoms with Crippen molar-refractivity contribution in [2.24, 2.45) is 0 Å². The highest BCUT2D eigenvalue weighted by atomic mass is 19.4. The first kappa shape index (κ1) is 15.9. The summed E-state index contributed by atoms with van der Waals surface area (Å²) >= 11 is 0. The van der Waals surface area contributed by atoms with E-state index in [1.807, 2.05) is 0 Å². The Morgan fingerprint density at radius 3 is 2.05 bits per heavy atom. The number of rotatable bonds is 2. The Kier molecular flexibility index (Phi) is 4.02. The number of nitrogen functional groups attached to an aromatic ring is 1. The molecule has 1 aromatic carbocycles. The third-order valence-corrected chi connectivity index (χ3v) is 2.20. The number of carboxylic acid groups (broad SMARTS) is 1. The largest absolute Gasteiger partial charge is 0.478 e. The summed E-state index contributed by atoms with van der Waals surface area (Å²) in [5.74, 6) is -1.46. The van der Waals surface area contributed by atoms with Gasteiger partial charge in [0.25, 0.3) is 0 Å². The summed E-state index contributed by atoms with van der Waals surface area (Å²) in [4.78, 5) is 10.2. The number of nitrogens with two attached hydrogens (primary N) is 1. The number of halogens is 6. The molecule has 0 heterocycles. The number of aliphatic carboxylic acids is 1. The van der Waals surface area contributed by atoms with Crippen molar-refractivity contribution in [1.29, 1.82) is 0 Å². The highest BCUT2D eigenvalue weighted by molar-refractivity contribution is 5.85. The van der Waals surface area contributed by atoms with E-state index in [9.17, 15) is 31.1 Å². The molecule has 110 valence electrons. The Morgan fingerprint density at radius 2 is 1.65 bits per heavy atom. The molecule has 0 aliphatic heterocycles. The van der Waals surface area contributed by atoms with Gasteiger partial charge in [0, 0.05) is 11.8 Å². The Hall–Kier alpha value is -2.19. The van der Waals surface area contributed by atoms with Gasteiger partial charge in [0.15, 0.2) is 0 Å². The normalized spacial score (nSPS) is 12.9. The summed E-state index contributed by atoms with van der Waals surface area (Å²) in [5.41, 5.74) is -0.467. The van der Waals surface area contributed by atoms with Crippen molar-refractivity contribution in [2.75, 3.05) is 5.73 Å². The van der Waals surface area contributed by atoms with Gasteiger partial charge in [0.2, 0.25) is 0 Å². The van der Waals surface area contributed by atoms with Gasteiger partial charge >= 0.3 is 18.3 Å². The average Bonchev–Trinajstić information content (AvgIpc) is 2.22. The van der Waals surface area contributed by atoms with Gasteiger partial charge in [-0.1, -0.05) is 0 Å². The van der Waals surface area contributed by atoms with Crippen molar-refractivity contribution in [3.05, 3.63) is 34.9 Å². The van der Waals surface area contributed by atoms with Crippen LogP contribution in [0, 0.1) is 0 Å². The van der Waals surface area contributed by atoms with Crippen LogP contribution in [0.3, 0.4) is 0 Å². The maximum atomic E-state index is 12.6. The number of hydrogen-bond donors (Lipinski definition) is 2. The summed E-state index contributed by atoms with van der Waals surface area (Å²) in [6, 6.07) is 0.816. The summed E-state index contributed by atoms with van der Waals surface area (Å²) in [5, 5.41) is 8.34. The molecular formula is C11H7F6NO2. The van der Waals surface area contributed by atoms with Crippen molar-refractivity contribution in [2.45, 2.75) is 12.4 Å². The van der Waals surface area contributed by atoms with Crippen LogP contribution in [0.25, 0.3) is 6.08 Å². The molecule has 0 saturated carbocycles. The van der Waals surface area contributed by atoms with Crippen LogP contribution in [0.1, 0.15) is 16.7 Å². The number of hydrogen-bond acceptors (Lipinski definition) is 2. The van der Waals surface area contributed by atoms with Crippen molar-refractivity contribution < 1.29 is 36.2 Å². The molecule has 3 N–H and O–H groups in total. The number of anilines is 1. The fraction of sp³-hybridized carbons (Fsp3) is 0.182. The van der Waals surface area contributed by atoms with Gasteiger partial charge in [-0.25, -0.2) is 4.79 Å². The van der Waals surface area contributed by atoms with Gasteiger partial charge in [-0.3, -0.25) is 0 Å². The Labute approximate surface area is 108 Å². The molecular weight excluding hydrogens is 292 g/mol. The van der Waals surface area contributed by atoms with E-state index in [0.717, 1.165) is 0 Å². The lowest BCUT2D eigenvalue weighted by Gasteiger charge is -2.18. The van der Waals surface area contributed by atoms with Gasteiger partial charge in [-0.05, 0) is 23.8 Å². The van der Waals surface area contributed by atoms with Crippen LogP contribution >= 0.6 is 0 Å². The molecule has 0 radical (unpaired) electrons. The fourth-order valence-electron chi connectivity index (χ4n) is 1.49. The molecule has 0 atom stereocenters. The molecule has 1 aromatic rings. The first-order valence-corrected chi connectivity index (χ1v) is 4.92. The van der Waals surface area contributed by atoms with Crippen molar-refractivity contribution >= 4 is 17.7 Å². The predicted molar refractivity (Wildman–Crippen MR) is 57.5 cm³/mol. The molecule has 0 saturated heterocycles. The molecule has 0 unspecified atom stereocenters. The lowest BCUT2D eigenvalue weighted by atomic mass is 10.0. The average molecular weight is 299 g/mol. The SMILES string of the molecule is Nc1cc(/C=C/C(=O)O)cc(C(F)(F)F)c1C(F)(F)F. The molecule has 1 rings (SSSR count). The smallest absolute Gasteiger partial charge is 0.418 e. The minimum absolute atomic E-state index is 0.193. The lowest BCUT2D eigenvalue weighted by Crippen LogP contribution is -2.19. The topological polar surface area (TPSA) is 63.3 Å². The highest BCUT2D eigenvalue weighted by Crippen LogP contribution is 2.43. The van der Waals surface area contributed by atoms with Crippen LogP contribution < -0.4 is 5.73 Å². The summed E-state index contributed by atoms with van der Waals surface area (Å²) in [6.07, 6.45) is -9.34. The monoisotopic (exact) mass is 299 g/mol. The van der Waals surface area contributed by atoms with Crippen molar-refractivity contribution in [1.82, 2.24) is 0 Å². The van der Waals surface area contributed by atoms with E-state index < -0.39 is 40.7 Å². The molecule has 0 aliphatic carbocycles. The van der Waals surface area contributed by atoms with E-state index >= 15 is 0 Å². The third-order valence-electron chi connectivity index (χ3n) is 2.20. The zero-order valence-electron chi connectivity index (χ0n) is 9.51. The van der Waals surface area contributed by atoms with Gasteiger partial charge in [-0.15, -0.1) is 0 Å². The number of carboxylic acids is 1. The molecule has 0 fully saturated rings. The van der Waals surface area contributed by atoms with E-state index in [2.05, 4.69) is 0 Å². The Bertz CT molecular complexity index is 559. The molecule has 0 spiro atoms. The molecule has 0 bridgehead atoms. The third kappa shape index (κ3) is 3.65. The van der Waals surface area contributed by atoms with Crippen LogP contribution in [-0.4, -0.2) is 11.1 Å². The summed E-state index contributed by atoms with van der Waals surface area (Å²) < 4.78 is 75.7. The highest BCUT2D eigenvalue weighted by Gasteiger charge is 2.44. The molecule has 20 heavy (non-hydrogen) atoms. The molecule has 0 amide bonds. The lowest BCUT2D eigenvalue weighted by molar-refractivity contribution is -0.161. The maximum absolute atomic E-state index is 12.6. The van der Waals surface area contributed by atoms with E-state index in [-0.39, 0.29) is 6.07 Å². The first-order valence-electron chi connectivity index (χ1n) is 4.92. The second-order valence-electron chi connectivity index (χ2n) is 3.70. The molecule has 9 heteroatoms. The van der Waals surface area contributed by atoms with E-state index in [0.29, 0.717) is 18.2 Å². The van der Waals surface area contributed by atoms with Gasteiger partial charge in [0.1, 0.15) is 0 Å². The zero-order valence-corrected chi connectivity index (χ0v) is 9.51. The molecule has 0 aromatic heterocycles. The van der Waals surface area contributed by atoms with E-state index in [1.54, 1.807) is 0 Å². The number of benzene rings is 1. The summed E-state index contributed by atoms with van der Waals surface area (Å²) in [7, 11) is 0. The second kappa shape index (κ2) is 5.06. The van der Waals surface area contributed by atoms with Crippen LogP contribution in [0.15, 0.2) is 18.2 Å². The fourth-order valence-corrected chi connectivity index (χ4v) is 1.49. The van der Waals surface area contributed by atoms with Gasteiger partial charge < -0.3 is 10.8 Å². The van der Waals surface area contributed by atoms with E-state index in [4.69, 9.17) is 10.8 Å². The minimum Gasteiger partial charge on any atom is -0.478 e.